The Bertz CT molecular complexity index is 646. The zero-order chi connectivity index (χ0) is 19.1. The lowest BCUT2D eigenvalue weighted by atomic mass is 10.2. The van der Waals surface area contributed by atoms with Gasteiger partial charge in [-0.05, 0) is 38.1 Å². The van der Waals surface area contributed by atoms with E-state index in [9.17, 15) is 4.79 Å². The minimum atomic E-state index is 0.185. The predicted molar refractivity (Wildman–Crippen MR) is 108 cm³/mol. The van der Waals surface area contributed by atoms with E-state index in [1.165, 1.54) is 0 Å². The molecule has 148 valence electrons. The molecule has 0 aromatic heterocycles. The summed E-state index contributed by atoms with van der Waals surface area (Å²) in [6.45, 7) is 7.73. The zero-order valence-corrected chi connectivity index (χ0v) is 16.4. The van der Waals surface area contributed by atoms with E-state index < -0.39 is 0 Å². The van der Waals surface area contributed by atoms with Crippen LogP contribution in [0, 0.1) is 0 Å². The first-order valence-electron chi connectivity index (χ1n) is 9.87. The highest BCUT2D eigenvalue weighted by molar-refractivity contribution is 5.95. The maximum atomic E-state index is 11.8. The number of guanidine groups is 1. The number of hydrogen-bond donors (Lipinski definition) is 2. The average molecular weight is 374 g/mol. The Morgan fingerprint density at radius 3 is 2.74 bits per heavy atom. The second kappa shape index (κ2) is 9.71. The first kappa shape index (κ1) is 19.6. The van der Waals surface area contributed by atoms with E-state index in [1.54, 1.807) is 0 Å². The molecular weight excluding hydrogens is 342 g/mol. The minimum absolute atomic E-state index is 0.185. The van der Waals surface area contributed by atoms with Crippen molar-refractivity contribution in [1.82, 2.24) is 15.5 Å². The number of nitrogens with zero attached hydrogens (tertiary/aromatic N) is 3. The lowest BCUT2D eigenvalue weighted by Gasteiger charge is -2.30. The van der Waals surface area contributed by atoms with Crippen LogP contribution in [0.2, 0.25) is 0 Å². The summed E-state index contributed by atoms with van der Waals surface area (Å²) < 4.78 is 5.79. The minimum Gasteiger partial charge on any atom is -0.374 e. The van der Waals surface area contributed by atoms with Crippen molar-refractivity contribution in [2.45, 2.75) is 32.4 Å². The van der Waals surface area contributed by atoms with Gasteiger partial charge in [0.05, 0.1) is 19.3 Å². The van der Waals surface area contributed by atoms with Gasteiger partial charge in [0.25, 0.3) is 0 Å². The van der Waals surface area contributed by atoms with Crippen LogP contribution in [0.1, 0.15) is 25.3 Å². The molecule has 1 atom stereocenters. The topological polar surface area (TPSA) is 69.2 Å². The number of nitrogens with one attached hydrogen (secondary N) is 2. The summed E-state index contributed by atoms with van der Waals surface area (Å²) in [5.41, 5.74) is 2.10. The molecule has 2 saturated heterocycles. The van der Waals surface area contributed by atoms with Crippen molar-refractivity contribution >= 4 is 17.6 Å². The van der Waals surface area contributed by atoms with Crippen LogP contribution in [0.15, 0.2) is 29.3 Å². The molecule has 2 N–H and O–H groups in total. The molecule has 0 spiro atoms. The number of ether oxygens (including phenoxy) is 1. The number of anilines is 1. The van der Waals surface area contributed by atoms with E-state index in [1.807, 2.05) is 29.2 Å². The molecule has 0 bridgehead atoms. The van der Waals surface area contributed by atoms with Crippen LogP contribution in [0.5, 0.6) is 0 Å². The van der Waals surface area contributed by atoms with E-state index in [0.29, 0.717) is 13.0 Å². The quantitative estimate of drug-likeness (QED) is 0.579. The molecule has 7 nitrogen and oxygen atoms in total. The molecule has 27 heavy (non-hydrogen) atoms. The van der Waals surface area contributed by atoms with Crippen molar-refractivity contribution in [3.63, 3.8) is 0 Å². The summed E-state index contributed by atoms with van der Waals surface area (Å²) in [4.78, 5) is 20.7. The van der Waals surface area contributed by atoms with Gasteiger partial charge in [-0.15, -0.1) is 0 Å². The summed E-state index contributed by atoms with van der Waals surface area (Å²) in [7, 11) is 2.12. The largest absolute Gasteiger partial charge is 0.374 e. The van der Waals surface area contributed by atoms with Crippen molar-refractivity contribution in [1.29, 1.82) is 0 Å². The van der Waals surface area contributed by atoms with Crippen LogP contribution in [-0.2, 0) is 16.1 Å². The standard InChI is InChI=1S/C20H31N5O2/c1-3-21-20(23-14-18-15-24(2)11-12-27-18)22-13-16-6-8-17(9-7-16)25-10-4-5-19(25)26/h6-9,18H,3-5,10-15H2,1-2H3,(H2,21,22,23). The van der Waals surface area contributed by atoms with Gasteiger partial charge < -0.3 is 25.2 Å². The third-order valence-corrected chi connectivity index (χ3v) is 4.92. The molecule has 2 heterocycles. The van der Waals surface area contributed by atoms with Gasteiger partial charge in [-0.3, -0.25) is 4.79 Å². The van der Waals surface area contributed by atoms with Gasteiger partial charge in [-0.2, -0.15) is 0 Å². The molecule has 2 aliphatic rings. The molecule has 2 fully saturated rings. The van der Waals surface area contributed by atoms with Crippen LogP contribution in [0.4, 0.5) is 5.69 Å². The highest BCUT2D eigenvalue weighted by atomic mass is 16.5. The Balaban J connectivity index is 1.53. The molecule has 7 heteroatoms. The normalized spacial score (nSPS) is 21.6. The lowest BCUT2D eigenvalue weighted by Crippen LogP contribution is -2.48. The second-order valence-corrected chi connectivity index (χ2v) is 7.15. The predicted octanol–water partition coefficient (Wildman–Crippen LogP) is 1.20. The summed E-state index contributed by atoms with van der Waals surface area (Å²) in [6.07, 6.45) is 1.79. The summed E-state index contributed by atoms with van der Waals surface area (Å²) >= 11 is 0. The number of hydrogen-bond acceptors (Lipinski definition) is 4. The van der Waals surface area contributed by atoms with Crippen molar-refractivity contribution in [2.24, 2.45) is 4.99 Å². The van der Waals surface area contributed by atoms with Crippen LogP contribution in [0.25, 0.3) is 0 Å². The van der Waals surface area contributed by atoms with Crippen molar-refractivity contribution < 1.29 is 9.53 Å². The molecule has 1 aromatic carbocycles. The fourth-order valence-corrected chi connectivity index (χ4v) is 3.42. The van der Waals surface area contributed by atoms with Crippen LogP contribution in [-0.4, -0.2) is 69.2 Å². The monoisotopic (exact) mass is 373 g/mol. The molecule has 0 aliphatic carbocycles. The number of likely N-dealkylation sites (N-methyl/N-ethyl adjacent to an activating group) is 1. The summed E-state index contributed by atoms with van der Waals surface area (Å²) in [5, 5.41) is 6.66. The van der Waals surface area contributed by atoms with Gasteiger partial charge in [-0.25, -0.2) is 4.99 Å². The third kappa shape index (κ3) is 5.68. The highest BCUT2D eigenvalue weighted by Crippen LogP contribution is 2.21. The zero-order valence-electron chi connectivity index (χ0n) is 16.4. The van der Waals surface area contributed by atoms with Crippen molar-refractivity contribution in [2.75, 3.05) is 51.3 Å². The van der Waals surface area contributed by atoms with Gasteiger partial charge in [0.1, 0.15) is 0 Å². The lowest BCUT2D eigenvalue weighted by molar-refractivity contribution is -0.117. The Hall–Kier alpha value is -2.12. The molecule has 1 unspecified atom stereocenters. The maximum Gasteiger partial charge on any atom is 0.227 e. The number of carbonyl (C=O) groups excluding carboxylic acids is 1. The average Bonchev–Trinajstić information content (AvgIpc) is 3.10. The SMILES string of the molecule is CCNC(=NCc1ccc(N2CCCC2=O)cc1)NCC1CN(C)CCO1. The maximum absolute atomic E-state index is 11.8. The molecule has 3 rings (SSSR count). The van der Waals surface area contributed by atoms with E-state index in [-0.39, 0.29) is 12.0 Å². The van der Waals surface area contributed by atoms with Crippen molar-refractivity contribution in [3.05, 3.63) is 29.8 Å². The molecule has 0 saturated carbocycles. The fourth-order valence-electron chi connectivity index (χ4n) is 3.42. The Labute approximate surface area is 161 Å². The molecule has 0 radical (unpaired) electrons. The number of carbonyl (C=O) groups is 1. The van der Waals surface area contributed by atoms with Gasteiger partial charge in [0.2, 0.25) is 5.91 Å². The molecule has 1 aromatic rings. The van der Waals surface area contributed by atoms with Gasteiger partial charge in [0.15, 0.2) is 5.96 Å². The fraction of sp³-hybridized carbons (Fsp3) is 0.600. The Morgan fingerprint density at radius 2 is 2.07 bits per heavy atom. The Morgan fingerprint density at radius 1 is 1.26 bits per heavy atom. The van der Waals surface area contributed by atoms with E-state index in [2.05, 4.69) is 34.5 Å². The van der Waals surface area contributed by atoms with Crippen LogP contribution < -0.4 is 15.5 Å². The highest BCUT2D eigenvalue weighted by Gasteiger charge is 2.21. The smallest absolute Gasteiger partial charge is 0.227 e. The number of aliphatic imine (C=N–C) groups is 1. The Kier molecular flexibility index (Phi) is 7.06. The van der Waals surface area contributed by atoms with E-state index in [0.717, 1.165) is 63.0 Å². The number of amides is 1. The summed E-state index contributed by atoms with van der Waals surface area (Å²) in [6, 6.07) is 8.13. The first-order chi connectivity index (χ1) is 13.2. The molecule has 2 aliphatic heterocycles. The van der Waals surface area contributed by atoms with Crippen LogP contribution >= 0.6 is 0 Å². The summed E-state index contributed by atoms with van der Waals surface area (Å²) in [5.74, 6) is 1.02. The van der Waals surface area contributed by atoms with E-state index >= 15 is 0 Å². The second-order valence-electron chi connectivity index (χ2n) is 7.15. The number of morpholine rings is 1. The molecule has 1 amide bonds. The van der Waals surface area contributed by atoms with Gasteiger partial charge in [0, 0.05) is 44.8 Å². The number of benzene rings is 1. The third-order valence-electron chi connectivity index (χ3n) is 4.92. The van der Waals surface area contributed by atoms with Crippen LogP contribution in [0.3, 0.4) is 0 Å². The van der Waals surface area contributed by atoms with Crippen molar-refractivity contribution in [3.8, 4) is 0 Å². The van der Waals surface area contributed by atoms with Gasteiger partial charge >= 0.3 is 0 Å². The van der Waals surface area contributed by atoms with E-state index in [4.69, 9.17) is 4.74 Å². The molecular formula is C20H31N5O2. The number of rotatable bonds is 6. The first-order valence-corrected chi connectivity index (χ1v) is 9.87. The van der Waals surface area contributed by atoms with Gasteiger partial charge in [-0.1, -0.05) is 12.1 Å².